The van der Waals surface area contributed by atoms with Crippen LogP contribution in [0.25, 0.3) is 10.8 Å². The van der Waals surface area contributed by atoms with Crippen molar-refractivity contribution < 1.29 is 18.3 Å². The molecule has 2 aliphatic rings. The van der Waals surface area contributed by atoms with Crippen molar-refractivity contribution in [2.75, 3.05) is 50.1 Å². The Kier molecular flexibility index (Phi) is 8.43. The van der Waals surface area contributed by atoms with Gasteiger partial charge in [0.25, 0.3) is 5.91 Å². The predicted molar refractivity (Wildman–Crippen MR) is 184 cm³/mol. The predicted octanol–water partition coefficient (Wildman–Crippen LogP) is 7.25. The van der Waals surface area contributed by atoms with E-state index in [1.54, 1.807) is 32.5 Å². The zero-order valence-electron chi connectivity index (χ0n) is 26.5. The maximum absolute atomic E-state index is 15.5. The van der Waals surface area contributed by atoms with Crippen LogP contribution >= 0.6 is 0 Å². The number of nitrogens with zero attached hydrogens (tertiary/aromatic N) is 4. The van der Waals surface area contributed by atoms with Gasteiger partial charge in [-0.05, 0) is 76.5 Å². The fourth-order valence-electron chi connectivity index (χ4n) is 6.78. The lowest BCUT2D eigenvalue weighted by molar-refractivity contribution is 0.0991. The van der Waals surface area contributed by atoms with Crippen LogP contribution in [-0.2, 0) is 19.5 Å². The minimum absolute atomic E-state index is 0.0141. The molecule has 0 spiro atoms. The number of amides is 1. The first kappa shape index (κ1) is 30.6. The largest absolute Gasteiger partial charge is 0.497 e. The summed E-state index contributed by atoms with van der Waals surface area (Å²) in [4.78, 5) is 23.5. The number of hydrogen-bond acceptors (Lipinski definition) is 5. The van der Waals surface area contributed by atoms with Gasteiger partial charge in [-0.15, -0.1) is 0 Å². The molecule has 0 saturated carbocycles. The molecule has 0 N–H and O–H groups in total. The maximum atomic E-state index is 15.5. The van der Waals surface area contributed by atoms with Crippen molar-refractivity contribution >= 4 is 34.3 Å². The van der Waals surface area contributed by atoms with Crippen LogP contribution in [-0.4, -0.2) is 57.4 Å². The van der Waals surface area contributed by atoms with Gasteiger partial charge in [-0.3, -0.25) is 14.7 Å². The summed E-state index contributed by atoms with van der Waals surface area (Å²) in [7, 11) is 3.30. The summed E-state index contributed by atoms with van der Waals surface area (Å²) in [5, 5.41) is 1.96. The molecule has 0 atom stereocenters. The van der Waals surface area contributed by atoms with E-state index in [0.29, 0.717) is 62.5 Å². The van der Waals surface area contributed by atoms with Gasteiger partial charge in [0.15, 0.2) is 0 Å². The van der Waals surface area contributed by atoms with Crippen molar-refractivity contribution in [3.05, 3.63) is 136 Å². The molecule has 8 heteroatoms. The molecule has 5 aromatic rings. The third-order valence-electron chi connectivity index (χ3n) is 9.24. The average molecular weight is 631 g/mol. The standard InChI is InChI=1S/C39H36F2N4O2/c1-42-23-28-9-14-36(35(41)22-28)44-18-16-43(17-19-44)25-30-10-6-27(21-34(30)40)20-29-11-15-37-38-32(29)4-3-5-33(38)39(46)45(37)24-26-7-12-31(47-2)13-8-26/h3-15,21-23H,16-20,24-25H2,1-2H3. The SMILES string of the molecule is CN=Cc1ccc(N2CCN(Cc3ccc(Cc4ccc5c6c(cccc46)C(=O)N5Cc4ccc(OC)cc4)cc3F)CC2)c(F)c1. The van der Waals surface area contributed by atoms with E-state index in [4.69, 9.17) is 4.74 Å². The molecule has 0 aliphatic carbocycles. The van der Waals surface area contributed by atoms with Gasteiger partial charge < -0.3 is 14.5 Å². The monoisotopic (exact) mass is 630 g/mol. The summed E-state index contributed by atoms with van der Waals surface area (Å²) >= 11 is 0. The second-order valence-corrected chi connectivity index (χ2v) is 12.2. The minimum Gasteiger partial charge on any atom is -0.497 e. The van der Waals surface area contributed by atoms with Gasteiger partial charge in [-0.25, -0.2) is 8.78 Å². The van der Waals surface area contributed by atoms with E-state index in [9.17, 15) is 9.18 Å². The van der Waals surface area contributed by atoms with Crippen LogP contribution in [0.5, 0.6) is 5.75 Å². The van der Waals surface area contributed by atoms with E-state index in [1.165, 1.54) is 6.07 Å². The van der Waals surface area contributed by atoms with Crippen LogP contribution in [0.3, 0.4) is 0 Å². The van der Waals surface area contributed by atoms with E-state index in [2.05, 4.69) is 16.0 Å². The molecular formula is C39H36F2N4O2. The number of carbonyl (C=O) groups excluding carboxylic acids is 1. The molecule has 5 aromatic carbocycles. The van der Waals surface area contributed by atoms with E-state index in [-0.39, 0.29) is 17.5 Å². The average Bonchev–Trinajstić information content (AvgIpc) is 3.35. The number of methoxy groups -OCH3 is 1. The number of halogens is 2. The number of aliphatic imine (C=N–C) groups is 1. The van der Waals surface area contributed by atoms with Crippen LogP contribution in [0.15, 0.2) is 96.0 Å². The highest BCUT2D eigenvalue weighted by Gasteiger charge is 2.30. The van der Waals surface area contributed by atoms with E-state index in [1.807, 2.05) is 76.5 Å². The first-order valence-electron chi connectivity index (χ1n) is 15.9. The smallest absolute Gasteiger partial charge is 0.259 e. The van der Waals surface area contributed by atoms with Gasteiger partial charge in [0.2, 0.25) is 0 Å². The van der Waals surface area contributed by atoms with Crippen LogP contribution in [0.1, 0.15) is 38.2 Å². The molecule has 0 radical (unpaired) electrons. The molecule has 2 aliphatic heterocycles. The molecule has 47 heavy (non-hydrogen) atoms. The first-order valence-corrected chi connectivity index (χ1v) is 15.9. The van der Waals surface area contributed by atoms with E-state index in [0.717, 1.165) is 44.5 Å². The normalized spacial score (nSPS) is 14.9. The molecule has 1 saturated heterocycles. The second-order valence-electron chi connectivity index (χ2n) is 12.2. The lowest BCUT2D eigenvalue weighted by atomic mass is 9.95. The van der Waals surface area contributed by atoms with Crippen LogP contribution in [0, 0.1) is 11.6 Å². The van der Waals surface area contributed by atoms with Gasteiger partial charge in [0, 0.05) is 62.5 Å². The maximum Gasteiger partial charge on any atom is 0.259 e. The Morgan fingerprint density at radius 1 is 0.787 bits per heavy atom. The number of ether oxygens (including phenoxy) is 1. The summed E-state index contributed by atoms with van der Waals surface area (Å²) in [6.07, 6.45) is 2.19. The van der Waals surface area contributed by atoms with Gasteiger partial charge in [-0.1, -0.05) is 48.5 Å². The fourth-order valence-corrected chi connectivity index (χ4v) is 6.78. The van der Waals surface area contributed by atoms with Gasteiger partial charge in [0.1, 0.15) is 17.4 Å². The zero-order chi connectivity index (χ0) is 32.5. The summed E-state index contributed by atoms with van der Waals surface area (Å²) in [6, 6.07) is 28.4. The van der Waals surface area contributed by atoms with Gasteiger partial charge in [-0.2, -0.15) is 0 Å². The number of anilines is 2. The summed E-state index contributed by atoms with van der Waals surface area (Å²) in [5.74, 6) is 0.281. The Bertz CT molecular complexity index is 1980. The minimum atomic E-state index is -0.254. The molecule has 0 aromatic heterocycles. The van der Waals surface area contributed by atoms with E-state index < -0.39 is 0 Å². The lowest BCUT2D eigenvalue weighted by Gasteiger charge is -2.36. The van der Waals surface area contributed by atoms with Crippen LogP contribution < -0.4 is 14.5 Å². The van der Waals surface area contributed by atoms with Crippen molar-refractivity contribution in [3.63, 3.8) is 0 Å². The van der Waals surface area contributed by atoms with Gasteiger partial charge in [0.05, 0.1) is 25.0 Å². The Hall–Kier alpha value is -5.08. The number of carbonyl (C=O) groups is 1. The van der Waals surface area contributed by atoms with Crippen LogP contribution in [0.4, 0.5) is 20.2 Å². The third kappa shape index (κ3) is 6.09. The summed E-state index contributed by atoms with van der Waals surface area (Å²) in [5.41, 5.74) is 6.51. The number of piperazine rings is 1. The highest BCUT2D eigenvalue weighted by molar-refractivity contribution is 6.25. The number of benzene rings is 5. The molecule has 238 valence electrons. The summed E-state index contributed by atoms with van der Waals surface area (Å²) < 4.78 is 35.5. The molecule has 0 unspecified atom stereocenters. The molecule has 7 rings (SSSR count). The van der Waals surface area contributed by atoms with Crippen molar-refractivity contribution in [1.29, 1.82) is 0 Å². The third-order valence-corrected chi connectivity index (χ3v) is 9.24. The molecule has 1 amide bonds. The zero-order valence-corrected chi connectivity index (χ0v) is 26.5. The fraction of sp³-hybridized carbons (Fsp3) is 0.231. The lowest BCUT2D eigenvalue weighted by Crippen LogP contribution is -2.46. The van der Waals surface area contributed by atoms with E-state index >= 15 is 4.39 Å². The van der Waals surface area contributed by atoms with Crippen molar-refractivity contribution in [1.82, 2.24) is 4.90 Å². The topological polar surface area (TPSA) is 48.4 Å². The van der Waals surface area contributed by atoms with Gasteiger partial charge >= 0.3 is 0 Å². The van der Waals surface area contributed by atoms with Crippen LogP contribution in [0.2, 0.25) is 0 Å². The highest BCUT2D eigenvalue weighted by Crippen LogP contribution is 2.40. The molecule has 0 bridgehead atoms. The Morgan fingerprint density at radius 2 is 1.53 bits per heavy atom. The first-order chi connectivity index (χ1) is 22.9. The Labute approximate surface area is 273 Å². The number of hydrogen-bond donors (Lipinski definition) is 0. The molecule has 6 nitrogen and oxygen atoms in total. The molecular weight excluding hydrogens is 594 g/mol. The second kappa shape index (κ2) is 13.0. The molecule has 2 heterocycles. The summed E-state index contributed by atoms with van der Waals surface area (Å²) in [6.45, 7) is 3.74. The quantitative estimate of drug-likeness (QED) is 0.161. The molecule has 1 fully saturated rings. The Morgan fingerprint density at radius 3 is 2.26 bits per heavy atom. The Balaban J connectivity index is 1.03. The van der Waals surface area contributed by atoms with Crippen molar-refractivity contribution in [3.8, 4) is 5.75 Å². The number of rotatable bonds is 9. The van der Waals surface area contributed by atoms with Crippen molar-refractivity contribution in [2.24, 2.45) is 4.99 Å². The highest BCUT2D eigenvalue weighted by atomic mass is 19.1. The van der Waals surface area contributed by atoms with Crippen molar-refractivity contribution in [2.45, 2.75) is 19.5 Å².